The molecule has 33 heavy (non-hydrogen) atoms. The first-order valence-corrected chi connectivity index (χ1v) is 12.3. The topological polar surface area (TPSA) is 93.1 Å². The normalized spacial score (nSPS) is 18.9. The van der Waals surface area contributed by atoms with Crippen molar-refractivity contribution in [3.05, 3.63) is 44.7 Å². The lowest BCUT2D eigenvalue weighted by molar-refractivity contribution is -0.139. The maximum absolute atomic E-state index is 13.2. The quantitative estimate of drug-likeness (QED) is 0.557. The third-order valence-electron chi connectivity index (χ3n) is 6.41. The zero-order valence-corrected chi connectivity index (χ0v) is 20.5. The molecule has 0 radical (unpaired) electrons. The van der Waals surface area contributed by atoms with Crippen LogP contribution in [0.2, 0.25) is 0 Å². The molecular weight excluding hydrogens is 490 g/mol. The number of hydrogen-bond donors (Lipinski definition) is 1. The van der Waals surface area contributed by atoms with Crippen molar-refractivity contribution in [3.8, 4) is 11.5 Å². The van der Waals surface area contributed by atoms with Crippen LogP contribution < -0.4 is 9.47 Å². The lowest BCUT2D eigenvalue weighted by Crippen LogP contribution is -2.39. The summed E-state index contributed by atoms with van der Waals surface area (Å²) in [5.74, 6) is -0.693. The molecule has 1 aliphatic heterocycles. The van der Waals surface area contributed by atoms with Gasteiger partial charge in [-0.15, -0.1) is 0 Å². The summed E-state index contributed by atoms with van der Waals surface area (Å²) in [6.45, 7) is 4.46. The molecule has 7 nitrogen and oxygen atoms in total. The lowest BCUT2D eigenvalue weighted by atomic mass is 9.71. The average Bonchev–Trinajstić information content (AvgIpc) is 2.77. The number of carboxylic acid groups (broad SMARTS) is 1. The van der Waals surface area contributed by atoms with E-state index >= 15 is 0 Å². The Morgan fingerprint density at radius 1 is 1.03 bits per heavy atom. The number of benzene rings is 1. The Hall–Kier alpha value is -2.61. The molecule has 1 N–H and O–H groups in total. The highest BCUT2D eigenvalue weighted by Gasteiger charge is 2.43. The Morgan fingerprint density at radius 2 is 1.64 bits per heavy atom. The van der Waals surface area contributed by atoms with E-state index in [1.165, 1.54) is 0 Å². The van der Waals surface area contributed by atoms with Crippen molar-refractivity contribution in [3.63, 3.8) is 0 Å². The minimum absolute atomic E-state index is 0.0879. The zero-order valence-electron chi connectivity index (χ0n) is 18.9. The Morgan fingerprint density at radius 3 is 2.15 bits per heavy atom. The summed E-state index contributed by atoms with van der Waals surface area (Å²) in [5, 5.41) is 9.04. The largest absolute Gasteiger partial charge is 0.490 e. The molecule has 4 rings (SSSR count). The Bertz CT molecular complexity index is 1030. The second-order valence-corrected chi connectivity index (χ2v) is 9.25. The van der Waals surface area contributed by atoms with Crippen molar-refractivity contribution in [2.24, 2.45) is 0 Å². The second-order valence-electron chi connectivity index (χ2n) is 8.40. The second kappa shape index (κ2) is 9.71. The van der Waals surface area contributed by atoms with Gasteiger partial charge in [0, 0.05) is 47.8 Å². The fourth-order valence-electron chi connectivity index (χ4n) is 5.22. The molecule has 8 heteroatoms. The first-order valence-electron chi connectivity index (χ1n) is 11.5. The molecule has 1 aromatic carbocycles. The van der Waals surface area contributed by atoms with E-state index in [4.69, 9.17) is 14.6 Å². The number of nitrogens with zero attached hydrogens (tertiary/aromatic N) is 1. The molecule has 0 saturated carbocycles. The number of ketones is 2. The number of ether oxygens (including phenoxy) is 2. The summed E-state index contributed by atoms with van der Waals surface area (Å²) >= 11 is 3.51. The van der Waals surface area contributed by atoms with E-state index in [0.29, 0.717) is 46.6 Å². The monoisotopic (exact) mass is 517 g/mol. The van der Waals surface area contributed by atoms with Gasteiger partial charge in [0.1, 0.15) is 0 Å². The molecular formula is C25H28BrNO6. The lowest BCUT2D eigenvalue weighted by Gasteiger charge is -2.43. The van der Waals surface area contributed by atoms with Crippen LogP contribution in [0.5, 0.6) is 11.5 Å². The third-order valence-corrected chi connectivity index (χ3v) is 7.00. The summed E-state index contributed by atoms with van der Waals surface area (Å²) in [6.07, 6.45) is 4.21. The summed E-state index contributed by atoms with van der Waals surface area (Å²) < 4.78 is 11.8. The maximum Gasteiger partial charge on any atom is 0.341 e. The summed E-state index contributed by atoms with van der Waals surface area (Å²) in [5.41, 5.74) is 4.27. The third kappa shape index (κ3) is 4.33. The fraction of sp³-hybridized carbons (Fsp3) is 0.480. The molecule has 0 bridgehead atoms. The molecule has 176 valence electrons. The van der Waals surface area contributed by atoms with Gasteiger partial charge in [0.25, 0.3) is 0 Å². The molecule has 1 heterocycles. The van der Waals surface area contributed by atoms with Crippen LogP contribution in [0.4, 0.5) is 0 Å². The highest BCUT2D eigenvalue weighted by Crippen LogP contribution is 2.51. The van der Waals surface area contributed by atoms with Gasteiger partial charge in [-0.05, 0) is 73.2 Å². The molecule has 0 unspecified atom stereocenters. The maximum atomic E-state index is 13.2. The number of carbonyl (C=O) groups is 3. The van der Waals surface area contributed by atoms with Gasteiger partial charge in [-0.3, -0.25) is 9.59 Å². The number of halogens is 1. The predicted molar refractivity (Wildman–Crippen MR) is 125 cm³/mol. The van der Waals surface area contributed by atoms with Crippen LogP contribution in [0.25, 0.3) is 0 Å². The van der Waals surface area contributed by atoms with Gasteiger partial charge in [0.15, 0.2) is 29.7 Å². The molecule has 0 saturated heterocycles. The van der Waals surface area contributed by atoms with Crippen LogP contribution in [0, 0.1) is 0 Å². The van der Waals surface area contributed by atoms with Crippen molar-refractivity contribution < 1.29 is 29.0 Å². The molecule has 1 aromatic rings. The van der Waals surface area contributed by atoms with Crippen molar-refractivity contribution >= 4 is 33.5 Å². The summed E-state index contributed by atoms with van der Waals surface area (Å²) in [7, 11) is 0. The van der Waals surface area contributed by atoms with E-state index in [1.54, 1.807) is 6.07 Å². The number of rotatable bonds is 7. The highest BCUT2D eigenvalue weighted by molar-refractivity contribution is 9.10. The number of allylic oxidation sites excluding steroid dienone is 4. The Labute approximate surface area is 201 Å². The van der Waals surface area contributed by atoms with Gasteiger partial charge in [-0.25, -0.2) is 4.79 Å². The van der Waals surface area contributed by atoms with Crippen LogP contribution in [0.1, 0.15) is 63.9 Å². The highest BCUT2D eigenvalue weighted by atomic mass is 79.9. The minimum atomic E-state index is -1.09. The van der Waals surface area contributed by atoms with Gasteiger partial charge in [-0.2, -0.15) is 0 Å². The minimum Gasteiger partial charge on any atom is -0.490 e. The van der Waals surface area contributed by atoms with Crippen LogP contribution in [0.3, 0.4) is 0 Å². The number of carbonyl (C=O) groups excluding carboxylic acids is 2. The van der Waals surface area contributed by atoms with Crippen molar-refractivity contribution in [2.75, 3.05) is 19.8 Å². The molecule has 0 fully saturated rings. The Kier molecular flexibility index (Phi) is 6.93. The molecule has 0 spiro atoms. The van der Waals surface area contributed by atoms with E-state index in [1.807, 2.05) is 13.0 Å². The first kappa shape index (κ1) is 23.5. The first-order chi connectivity index (χ1) is 15.9. The van der Waals surface area contributed by atoms with Crippen LogP contribution in [0.15, 0.2) is 39.1 Å². The van der Waals surface area contributed by atoms with E-state index in [-0.39, 0.29) is 11.6 Å². The van der Waals surface area contributed by atoms with Crippen molar-refractivity contribution in [2.45, 2.75) is 58.3 Å². The van der Waals surface area contributed by atoms with Gasteiger partial charge in [0.2, 0.25) is 0 Å². The van der Waals surface area contributed by atoms with Crippen LogP contribution in [-0.4, -0.2) is 47.3 Å². The summed E-state index contributed by atoms with van der Waals surface area (Å²) in [4.78, 5) is 39.7. The molecule has 2 aliphatic carbocycles. The fourth-order valence-corrected chi connectivity index (χ4v) is 5.80. The molecule has 0 amide bonds. The Balaban J connectivity index is 1.91. The molecule has 0 aromatic heterocycles. The number of Topliss-reactive ketones (excluding diaryl/α,β-unsaturated/α-hetero) is 2. The van der Waals surface area contributed by atoms with Gasteiger partial charge >= 0.3 is 5.97 Å². The van der Waals surface area contributed by atoms with Crippen LogP contribution >= 0.6 is 15.9 Å². The van der Waals surface area contributed by atoms with E-state index in [2.05, 4.69) is 27.8 Å². The zero-order chi connectivity index (χ0) is 23.7. The molecule has 0 atom stereocenters. The van der Waals surface area contributed by atoms with Crippen molar-refractivity contribution in [1.82, 2.24) is 4.90 Å². The summed E-state index contributed by atoms with van der Waals surface area (Å²) in [6, 6.07) is 3.61. The predicted octanol–water partition coefficient (Wildman–Crippen LogP) is 4.74. The number of hydrogen-bond acceptors (Lipinski definition) is 6. The van der Waals surface area contributed by atoms with Crippen molar-refractivity contribution in [1.29, 1.82) is 0 Å². The number of carboxylic acids is 1. The van der Waals surface area contributed by atoms with E-state index in [0.717, 1.165) is 49.2 Å². The van der Waals surface area contributed by atoms with E-state index < -0.39 is 18.5 Å². The SMILES string of the molecule is CCOc1cc(C2C3=C(CCCC3=O)N(CC)C3=C2C(=O)CCC3)cc(Br)c1OCC(=O)O. The van der Waals surface area contributed by atoms with Gasteiger partial charge in [0.05, 0.1) is 11.1 Å². The van der Waals surface area contributed by atoms with Gasteiger partial charge < -0.3 is 19.5 Å². The smallest absolute Gasteiger partial charge is 0.341 e. The van der Waals surface area contributed by atoms with Crippen LogP contribution in [-0.2, 0) is 14.4 Å². The van der Waals surface area contributed by atoms with Gasteiger partial charge in [-0.1, -0.05) is 0 Å². The molecule has 3 aliphatic rings. The average molecular weight is 518 g/mol. The standard InChI is InChI=1S/C25H28BrNO6/c1-3-27-16-7-5-9-18(28)23(16)22(24-17(27)8-6-10-19(24)29)14-11-15(26)25(33-13-21(30)31)20(12-14)32-4-2/h11-12,22H,3-10,13H2,1-2H3,(H,30,31). The number of aliphatic carboxylic acids is 1. The van der Waals surface area contributed by atoms with E-state index in [9.17, 15) is 14.4 Å².